The van der Waals surface area contributed by atoms with E-state index in [9.17, 15) is 15.3 Å². The first-order valence-corrected chi connectivity index (χ1v) is 9.37. The summed E-state index contributed by atoms with van der Waals surface area (Å²) in [5, 5.41) is 30.0. The van der Waals surface area contributed by atoms with Gasteiger partial charge in [0.15, 0.2) is 0 Å². The largest absolute Gasteiger partial charge is 0.508 e. The zero-order valence-electron chi connectivity index (χ0n) is 17.1. The van der Waals surface area contributed by atoms with Gasteiger partial charge in [0.25, 0.3) is 0 Å². The first-order valence-electron chi connectivity index (χ1n) is 9.37. The molecule has 0 spiro atoms. The summed E-state index contributed by atoms with van der Waals surface area (Å²) in [6.45, 7) is 6.21. The van der Waals surface area contributed by atoms with Crippen LogP contribution in [0.1, 0.15) is 38.9 Å². The van der Waals surface area contributed by atoms with E-state index in [1.807, 2.05) is 0 Å². The van der Waals surface area contributed by atoms with Crippen LogP contribution >= 0.6 is 0 Å². The third kappa shape index (κ3) is 3.26. The van der Waals surface area contributed by atoms with Gasteiger partial charge in [-0.2, -0.15) is 13.2 Å². The molecule has 3 N–H and O–H groups in total. The molecule has 0 aliphatic heterocycles. The molecular weight excluding hydrogens is 393 g/mol. The van der Waals surface area contributed by atoms with Gasteiger partial charge < -0.3 is 15.3 Å². The Morgan fingerprint density at radius 2 is 0.900 bits per heavy atom. The standard InChI is InChI=1S/C24H23F3O3/c1-13-9-18(10-14(2)21(13)29)23(24(25,26)27,17-5-7-20(28)8-6-17)19-11-15(3)22(30)16(4)12-19/h5-12,28-30H,1-4H3. The van der Waals surface area contributed by atoms with E-state index in [2.05, 4.69) is 0 Å². The second-order valence-corrected chi connectivity index (χ2v) is 7.71. The van der Waals surface area contributed by atoms with Crippen molar-refractivity contribution in [2.75, 3.05) is 0 Å². The van der Waals surface area contributed by atoms with Gasteiger partial charge in [-0.15, -0.1) is 0 Å². The van der Waals surface area contributed by atoms with E-state index in [1.54, 1.807) is 27.7 Å². The molecule has 0 saturated heterocycles. The summed E-state index contributed by atoms with van der Waals surface area (Å²) in [7, 11) is 0. The molecule has 0 atom stereocenters. The van der Waals surface area contributed by atoms with Crippen molar-refractivity contribution in [2.45, 2.75) is 39.3 Å². The molecule has 0 amide bonds. The number of hydrogen-bond acceptors (Lipinski definition) is 3. The van der Waals surface area contributed by atoms with Crippen LogP contribution in [0.3, 0.4) is 0 Å². The summed E-state index contributed by atoms with van der Waals surface area (Å²) >= 11 is 0. The number of aromatic hydroxyl groups is 3. The third-order valence-electron chi connectivity index (χ3n) is 5.57. The number of alkyl halides is 3. The molecular formula is C24H23F3O3. The number of benzene rings is 3. The van der Waals surface area contributed by atoms with Crippen molar-refractivity contribution in [1.82, 2.24) is 0 Å². The number of phenolic OH excluding ortho intramolecular Hbond substituents is 3. The van der Waals surface area contributed by atoms with Crippen LogP contribution in [0.4, 0.5) is 13.2 Å². The highest BCUT2D eigenvalue weighted by Gasteiger charge is 2.58. The zero-order valence-corrected chi connectivity index (χ0v) is 17.1. The lowest BCUT2D eigenvalue weighted by Gasteiger charge is -2.38. The van der Waals surface area contributed by atoms with Gasteiger partial charge in [0.2, 0.25) is 0 Å². The lowest BCUT2D eigenvalue weighted by molar-refractivity contribution is -0.166. The molecule has 3 aromatic rings. The predicted octanol–water partition coefficient (Wildman–Crippen LogP) is 5.93. The molecule has 0 aliphatic rings. The molecule has 0 radical (unpaired) electrons. The molecule has 0 aromatic heterocycles. The number of halogens is 3. The van der Waals surface area contributed by atoms with Crippen LogP contribution in [0.15, 0.2) is 48.5 Å². The Balaban J connectivity index is 2.54. The highest BCUT2D eigenvalue weighted by molar-refractivity contribution is 5.59. The summed E-state index contributed by atoms with van der Waals surface area (Å²) in [4.78, 5) is 0. The third-order valence-corrected chi connectivity index (χ3v) is 5.57. The Labute approximate surface area is 173 Å². The minimum absolute atomic E-state index is 0.0569. The lowest BCUT2D eigenvalue weighted by atomic mass is 9.67. The molecule has 0 unspecified atom stereocenters. The molecule has 3 rings (SSSR count). The molecule has 3 nitrogen and oxygen atoms in total. The molecule has 3 aromatic carbocycles. The topological polar surface area (TPSA) is 60.7 Å². The molecule has 30 heavy (non-hydrogen) atoms. The fourth-order valence-corrected chi connectivity index (χ4v) is 4.05. The maximum atomic E-state index is 15.1. The predicted molar refractivity (Wildman–Crippen MR) is 109 cm³/mol. The second-order valence-electron chi connectivity index (χ2n) is 7.71. The average molecular weight is 416 g/mol. The number of aryl methyl sites for hydroxylation is 4. The normalized spacial score (nSPS) is 12.2. The van der Waals surface area contributed by atoms with Crippen molar-refractivity contribution in [1.29, 1.82) is 0 Å². The summed E-state index contributed by atoms with van der Waals surface area (Å²) in [6.07, 6.45) is -4.77. The van der Waals surface area contributed by atoms with Crippen molar-refractivity contribution in [3.8, 4) is 17.2 Å². The molecule has 6 heteroatoms. The van der Waals surface area contributed by atoms with Gasteiger partial charge in [-0.1, -0.05) is 36.4 Å². The van der Waals surface area contributed by atoms with E-state index in [1.165, 1.54) is 48.5 Å². The number of phenols is 3. The SMILES string of the molecule is Cc1cc(C(c2ccc(O)cc2)(c2cc(C)c(O)c(C)c2)C(F)(F)F)cc(C)c1O. The fraction of sp³-hybridized carbons (Fsp3) is 0.250. The van der Waals surface area contributed by atoms with Crippen LogP contribution in [0.25, 0.3) is 0 Å². The first-order chi connectivity index (χ1) is 13.9. The fourth-order valence-electron chi connectivity index (χ4n) is 4.05. The Morgan fingerprint density at radius 3 is 1.20 bits per heavy atom. The molecule has 0 heterocycles. The van der Waals surface area contributed by atoms with Crippen LogP contribution in [0.5, 0.6) is 17.2 Å². The Kier molecular flexibility index (Phi) is 5.23. The monoisotopic (exact) mass is 416 g/mol. The maximum absolute atomic E-state index is 15.1. The summed E-state index contributed by atoms with van der Waals surface area (Å²) in [6, 6.07) is 10.3. The van der Waals surface area contributed by atoms with E-state index >= 15 is 13.2 Å². The molecule has 0 bridgehead atoms. The van der Waals surface area contributed by atoms with Gasteiger partial charge in [-0.05, 0) is 78.8 Å². The highest BCUT2D eigenvalue weighted by Crippen LogP contribution is 2.53. The minimum atomic E-state index is -4.77. The smallest absolute Gasteiger partial charge is 0.406 e. The van der Waals surface area contributed by atoms with Crippen LogP contribution in [-0.4, -0.2) is 21.5 Å². The van der Waals surface area contributed by atoms with E-state index in [0.29, 0.717) is 22.3 Å². The number of rotatable bonds is 3. The van der Waals surface area contributed by atoms with Crippen LogP contribution in [0.2, 0.25) is 0 Å². The van der Waals surface area contributed by atoms with Gasteiger partial charge in [0.1, 0.15) is 22.7 Å². The van der Waals surface area contributed by atoms with Crippen molar-refractivity contribution in [3.05, 3.63) is 87.5 Å². The summed E-state index contributed by atoms with van der Waals surface area (Å²) < 4.78 is 45.2. The van der Waals surface area contributed by atoms with Gasteiger partial charge in [0.05, 0.1) is 0 Å². The molecule has 0 saturated carbocycles. The van der Waals surface area contributed by atoms with E-state index < -0.39 is 11.6 Å². The van der Waals surface area contributed by atoms with Crippen molar-refractivity contribution < 1.29 is 28.5 Å². The van der Waals surface area contributed by atoms with E-state index in [0.717, 1.165) is 0 Å². The molecule has 158 valence electrons. The number of hydrogen-bond donors (Lipinski definition) is 3. The quantitative estimate of drug-likeness (QED) is 0.464. The van der Waals surface area contributed by atoms with Gasteiger partial charge in [-0.25, -0.2) is 0 Å². The zero-order chi connectivity index (χ0) is 22.4. The Hall–Kier alpha value is -3.15. The van der Waals surface area contributed by atoms with Gasteiger partial charge in [-0.3, -0.25) is 0 Å². The summed E-state index contributed by atoms with van der Waals surface area (Å²) in [5.41, 5.74) is -1.48. The van der Waals surface area contributed by atoms with Crippen molar-refractivity contribution >= 4 is 0 Å². The van der Waals surface area contributed by atoms with Crippen molar-refractivity contribution in [2.24, 2.45) is 0 Å². The minimum Gasteiger partial charge on any atom is -0.508 e. The highest BCUT2D eigenvalue weighted by atomic mass is 19.4. The van der Waals surface area contributed by atoms with Crippen LogP contribution < -0.4 is 0 Å². The Bertz CT molecular complexity index is 996. The second kappa shape index (κ2) is 7.27. The van der Waals surface area contributed by atoms with Crippen LogP contribution in [-0.2, 0) is 5.41 Å². The van der Waals surface area contributed by atoms with Gasteiger partial charge in [0, 0.05) is 0 Å². The maximum Gasteiger partial charge on any atom is 0.406 e. The van der Waals surface area contributed by atoms with Gasteiger partial charge >= 0.3 is 6.18 Å². The van der Waals surface area contributed by atoms with E-state index in [4.69, 9.17) is 0 Å². The Morgan fingerprint density at radius 1 is 0.567 bits per heavy atom. The first kappa shape index (κ1) is 21.6. The van der Waals surface area contributed by atoms with Crippen molar-refractivity contribution in [3.63, 3.8) is 0 Å². The van der Waals surface area contributed by atoms with E-state index in [-0.39, 0.29) is 33.9 Å². The molecule has 0 fully saturated rings. The average Bonchev–Trinajstić information content (AvgIpc) is 2.65. The van der Waals surface area contributed by atoms with Crippen LogP contribution in [0, 0.1) is 27.7 Å². The summed E-state index contributed by atoms with van der Waals surface area (Å²) in [5.74, 6) is -0.261. The molecule has 0 aliphatic carbocycles. The lowest BCUT2D eigenvalue weighted by Crippen LogP contribution is -2.44.